The molecule has 0 aromatic carbocycles. The van der Waals surface area contributed by atoms with E-state index >= 15 is 0 Å². The number of nitrogens with zero attached hydrogens (tertiary/aromatic N) is 1. The molecule has 0 aliphatic carbocycles. The zero-order valence-corrected chi connectivity index (χ0v) is 7.30. The molecule has 0 aromatic rings. The first-order valence-corrected chi connectivity index (χ1v) is 4.42. The Morgan fingerprint density at radius 2 is 2.36 bits per heavy atom. The molecule has 0 radical (unpaired) electrons. The molecule has 62 valence electrons. The van der Waals surface area contributed by atoms with Crippen LogP contribution in [0.3, 0.4) is 0 Å². The van der Waals surface area contributed by atoms with Crippen molar-refractivity contribution in [3.05, 3.63) is 0 Å². The second kappa shape index (κ2) is 3.73. The number of nitrogens with one attached hydrogen (secondary N) is 1. The molecule has 2 nitrogen and oxygen atoms in total. The quantitative estimate of drug-likeness (QED) is 0.651. The third-order valence-corrected chi connectivity index (χ3v) is 2.67. The van der Waals surface area contributed by atoms with Crippen LogP contribution in [0, 0.1) is 23.2 Å². The van der Waals surface area contributed by atoms with Gasteiger partial charge < -0.3 is 5.32 Å². The summed E-state index contributed by atoms with van der Waals surface area (Å²) in [5, 5.41) is 11.9. The Labute approximate surface area is 68.6 Å². The lowest BCUT2D eigenvalue weighted by Crippen LogP contribution is -2.23. The van der Waals surface area contributed by atoms with E-state index in [9.17, 15) is 0 Å². The van der Waals surface area contributed by atoms with Gasteiger partial charge in [0.15, 0.2) is 0 Å². The minimum Gasteiger partial charge on any atom is -0.301 e. The van der Waals surface area contributed by atoms with Crippen molar-refractivity contribution < 1.29 is 0 Å². The Morgan fingerprint density at radius 1 is 1.64 bits per heavy atom. The van der Waals surface area contributed by atoms with E-state index in [-0.39, 0.29) is 6.04 Å². The normalized spacial score (nSPS) is 37.0. The summed E-state index contributed by atoms with van der Waals surface area (Å²) < 4.78 is 0. The predicted octanol–water partition coefficient (Wildman–Crippen LogP) is 1.53. The Morgan fingerprint density at radius 3 is 2.82 bits per heavy atom. The van der Waals surface area contributed by atoms with Gasteiger partial charge in [0.2, 0.25) is 0 Å². The van der Waals surface area contributed by atoms with Gasteiger partial charge in [-0.3, -0.25) is 0 Å². The number of hydrogen-bond acceptors (Lipinski definition) is 2. The van der Waals surface area contributed by atoms with Gasteiger partial charge >= 0.3 is 0 Å². The lowest BCUT2D eigenvalue weighted by atomic mass is 9.90. The maximum Gasteiger partial charge on any atom is 0.0982 e. The van der Waals surface area contributed by atoms with Crippen LogP contribution < -0.4 is 5.32 Å². The van der Waals surface area contributed by atoms with Gasteiger partial charge in [-0.2, -0.15) is 5.26 Å². The minimum absolute atomic E-state index is 0.103. The van der Waals surface area contributed by atoms with E-state index in [0.717, 1.165) is 12.5 Å². The monoisotopic (exact) mass is 152 g/mol. The highest BCUT2D eigenvalue weighted by Crippen LogP contribution is 2.25. The Hall–Kier alpha value is -0.550. The van der Waals surface area contributed by atoms with Gasteiger partial charge in [-0.1, -0.05) is 20.3 Å². The number of hydrogen-bond donors (Lipinski definition) is 1. The molecule has 0 aromatic heterocycles. The van der Waals surface area contributed by atoms with Gasteiger partial charge in [0.1, 0.15) is 0 Å². The average Bonchev–Trinajstić information content (AvgIpc) is 2.34. The summed E-state index contributed by atoms with van der Waals surface area (Å²) in [6, 6.07) is 2.39. The second-order valence-electron chi connectivity index (χ2n) is 3.42. The summed E-state index contributed by atoms with van der Waals surface area (Å²) in [4.78, 5) is 0. The van der Waals surface area contributed by atoms with Crippen molar-refractivity contribution in [2.24, 2.45) is 11.8 Å². The molecular weight excluding hydrogens is 136 g/mol. The summed E-state index contributed by atoms with van der Waals surface area (Å²) in [7, 11) is 0. The van der Waals surface area contributed by atoms with Crippen LogP contribution in [0.4, 0.5) is 0 Å². The van der Waals surface area contributed by atoms with Gasteiger partial charge in [0.05, 0.1) is 12.1 Å². The highest BCUT2D eigenvalue weighted by molar-refractivity contribution is 5.00. The first kappa shape index (κ1) is 8.55. The van der Waals surface area contributed by atoms with Crippen LogP contribution in [0.25, 0.3) is 0 Å². The maximum atomic E-state index is 8.71. The second-order valence-corrected chi connectivity index (χ2v) is 3.42. The first-order valence-electron chi connectivity index (χ1n) is 4.42. The zero-order valence-electron chi connectivity index (χ0n) is 7.30. The summed E-state index contributed by atoms with van der Waals surface area (Å²) in [5.41, 5.74) is 0. The van der Waals surface area contributed by atoms with Crippen molar-refractivity contribution in [1.82, 2.24) is 5.32 Å². The van der Waals surface area contributed by atoms with Gasteiger partial charge in [-0.15, -0.1) is 0 Å². The molecule has 0 saturated carbocycles. The summed E-state index contributed by atoms with van der Waals surface area (Å²) in [6.45, 7) is 5.41. The lowest BCUT2D eigenvalue weighted by Gasteiger charge is -2.13. The molecule has 1 heterocycles. The number of rotatable bonds is 2. The van der Waals surface area contributed by atoms with E-state index in [0.29, 0.717) is 5.92 Å². The fraction of sp³-hybridized carbons (Fsp3) is 0.889. The lowest BCUT2D eigenvalue weighted by molar-refractivity contribution is 0.399. The Balaban J connectivity index is 2.43. The van der Waals surface area contributed by atoms with Crippen LogP contribution in [-0.2, 0) is 0 Å². The fourth-order valence-electron chi connectivity index (χ4n) is 1.82. The summed E-state index contributed by atoms with van der Waals surface area (Å²) in [6.07, 6.45) is 2.49. The molecule has 1 fully saturated rings. The Kier molecular flexibility index (Phi) is 2.90. The topological polar surface area (TPSA) is 35.8 Å². The van der Waals surface area contributed by atoms with Crippen molar-refractivity contribution in [2.75, 3.05) is 6.54 Å². The van der Waals surface area contributed by atoms with Crippen LogP contribution in [0.5, 0.6) is 0 Å². The van der Waals surface area contributed by atoms with Gasteiger partial charge in [0.25, 0.3) is 0 Å². The standard InChI is InChI=1S/C9H16N2/c1-3-4-8-6-11-9(5-10)7(8)2/h7-9,11H,3-4,6H2,1-2H3. The van der Waals surface area contributed by atoms with Crippen LogP contribution in [0.15, 0.2) is 0 Å². The molecule has 1 aliphatic rings. The molecule has 1 N–H and O–H groups in total. The molecule has 0 amide bonds. The average molecular weight is 152 g/mol. The molecule has 0 spiro atoms. The van der Waals surface area contributed by atoms with Crippen molar-refractivity contribution in [2.45, 2.75) is 32.7 Å². The minimum atomic E-state index is 0.103. The van der Waals surface area contributed by atoms with Crippen molar-refractivity contribution in [1.29, 1.82) is 5.26 Å². The zero-order chi connectivity index (χ0) is 8.27. The van der Waals surface area contributed by atoms with Crippen molar-refractivity contribution in [3.63, 3.8) is 0 Å². The van der Waals surface area contributed by atoms with E-state index in [1.54, 1.807) is 0 Å². The van der Waals surface area contributed by atoms with Gasteiger partial charge in [-0.05, 0) is 24.8 Å². The number of nitriles is 1. The van der Waals surface area contributed by atoms with Gasteiger partial charge in [-0.25, -0.2) is 0 Å². The molecule has 1 rings (SSSR count). The van der Waals surface area contributed by atoms with E-state index in [2.05, 4.69) is 25.2 Å². The van der Waals surface area contributed by atoms with E-state index in [4.69, 9.17) is 5.26 Å². The third kappa shape index (κ3) is 1.72. The van der Waals surface area contributed by atoms with Crippen molar-refractivity contribution in [3.8, 4) is 6.07 Å². The SMILES string of the molecule is CCCC1CNC(C#N)C1C. The molecule has 3 atom stereocenters. The molecule has 1 aliphatic heterocycles. The molecule has 11 heavy (non-hydrogen) atoms. The molecular formula is C9H16N2. The summed E-state index contributed by atoms with van der Waals surface area (Å²) in [5.74, 6) is 1.27. The van der Waals surface area contributed by atoms with E-state index in [1.165, 1.54) is 12.8 Å². The highest BCUT2D eigenvalue weighted by atomic mass is 15.0. The molecule has 1 saturated heterocycles. The maximum absolute atomic E-state index is 8.71. The smallest absolute Gasteiger partial charge is 0.0982 e. The highest BCUT2D eigenvalue weighted by Gasteiger charge is 2.31. The molecule has 2 heteroatoms. The Bertz CT molecular complexity index is 159. The predicted molar refractivity (Wildman–Crippen MR) is 45.0 cm³/mol. The van der Waals surface area contributed by atoms with Crippen LogP contribution in [0.1, 0.15) is 26.7 Å². The van der Waals surface area contributed by atoms with Crippen LogP contribution >= 0.6 is 0 Å². The molecule has 3 unspecified atom stereocenters. The summed E-state index contributed by atoms with van der Waals surface area (Å²) >= 11 is 0. The van der Waals surface area contributed by atoms with Crippen LogP contribution in [0.2, 0.25) is 0 Å². The third-order valence-electron chi connectivity index (χ3n) is 2.67. The largest absolute Gasteiger partial charge is 0.301 e. The van der Waals surface area contributed by atoms with E-state index in [1.807, 2.05) is 0 Å². The fourth-order valence-corrected chi connectivity index (χ4v) is 1.82. The van der Waals surface area contributed by atoms with Crippen LogP contribution in [-0.4, -0.2) is 12.6 Å². The van der Waals surface area contributed by atoms with Gasteiger partial charge in [0, 0.05) is 0 Å². The van der Waals surface area contributed by atoms with E-state index < -0.39 is 0 Å². The first-order chi connectivity index (χ1) is 5.29. The van der Waals surface area contributed by atoms with Crippen molar-refractivity contribution >= 4 is 0 Å². The molecule has 0 bridgehead atoms.